The SMILES string of the molecule is C=C1CCC2(CC1)C(=O)Nc1cc(C)ccc12. The number of benzene rings is 1. The standard InChI is InChI=1S/C15H17NO/c1-10-5-7-15(8-6-10)12-4-3-11(2)9-13(12)16-14(15)17/h3-4,9H,1,5-8H2,2H3,(H,16,17). The van der Waals surface area contributed by atoms with Gasteiger partial charge in [0.05, 0.1) is 5.41 Å². The fraction of sp³-hybridized carbons (Fsp3) is 0.400. The van der Waals surface area contributed by atoms with Gasteiger partial charge in [0.1, 0.15) is 0 Å². The van der Waals surface area contributed by atoms with E-state index in [0.29, 0.717) is 0 Å². The molecule has 1 saturated carbocycles. The van der Waals surface area contributed by atoms with Gasteiger partial charge >= 0.3 is 0 Å². The van der Waals surface area contributed by atoms with Crippen molar-refractivity contribution in [3.63, 3.8) is 0 Å². The van der Waals surface area contributed by atoms with Crippen LogP contribution in [0.3, 0.4) is 0 Å². The van der Waals surface area contributed by atoms with E-state index >= 15 is 0 Å². The Hall–Kier alpha value is -1.57. The van der Waals surface area contributed by atoms with Gasteiger partial charge in [-0.05, 0) is 49.8 Å². The minimum absolute atomic E-state index is 0.186. The number of hydrogen-bond acceptors (Lipinski definition) is 1. The molecular formula is C15H17NO. The number of amides is 1. The second-order valence-corrected chi connectivity index (χ2v) is 5.34. The zero-order chi connectivity index (χ0) is 12.0. The Morgan fingerprint density at radius 2 is 2.00 bits per heavy atom. The van der Waals surface area contributed by atoms with E-state index in [1.807, 2.05) is 0 Å². The summed E-state index contributed by atoms with van der Waals surface area (Å²) in [5.74, 6) is 0.186. The Labute approximate surface area is 102 Å². The van der Waals surface area contributed by atoms with Gasteiger partial charge in [0.15, 0.2) is 0 Å². The second kappa shape index (κ2) is 3.46. The Morgan fingerprint density at radius 3 is 2.71 bits per heavy atom. The van der Waals surface area contributed by atoms with Gasteiger partial charge in [0, 0.05) is 5.69 Å². The average Bonchev–Trinajstić information content (AvgIpc) is 2.55. The summed E-state index contributed by atoms with van der Waals surface area (Å²) in [5.41, 5.74) is 4.41. The molecule has 1 amide bonds. The smallest absolute Gasteiger partial charge is 0.235 e. The number of carbonyl (C=O) groups excluding carboxylic acids is 1. The first-order valence-corrected chi connectivity index (χ1v) is 6.21. The highest BCUT2D eigenvalue weighted by atomic mass is 16.2. The summed E-state index contributed by atoms with van der Waals surface area (Å²) in [6.45, 7) is 6.09. The van der Waals surface area contributed by atoms with Crippen LogP contribution in [0, 0.1) is 6.92 Å². The molecule has 2 heteroatoms. The summed E-state index contributed by atoms with van der Waals surface area (Å²) in [5, 5.41) is 3.04. The van der Waals surface area contributed by atoms with E-state index in [-0.39, 0.29) is 11.3 Å². The van der Waals surface area contributed by atoms with E-state index in [0.717, 1.165) is 31.4 Å². The lowest BCUT2D eigenvalue weighted by atomic mass is 9.69. The Balaban J connectivity index is 2.07. The van der Waals surface area contributed by atoms with E-state index in [2.05, 4.69) is 37.0 Å². The first kappa shape index (κ1) is 10.6. The predicted molar refractivity (Wildman–Crippen MR) is 69.1 cm³/mol. The molecule has 0 aromatic heterocycles. The van der Waals surface area contributed by atoms with Crippen LogP contribution in [0.1, 0.15) is 36.8 Å². The molecule has 1 aromatic carbocycles. The number of fused-ring (bicyclic) bond motifs is 2. The monoisotopic (exact) mass is 227 g/mol. The van der Waals surface area contributed by atoms with Crippen LogP contribution in [-0.2, 0) is 10.2 Å². The molecule has 1 spiro atoms. The van der Waals surface area contributed by atoms with E-state index < -0.39 is 0 Å². The van der Waals surface area contributed by atoms with Crippen molar-refractivity contribution in [1.29, 1.82) is 0 Å². The maximum Gasteiger partial charge on any atom is 0.235 e. The lowest BCUT2D eigenvalue weighted by Gasteiger charge is -2.32. The number of carbonyl (C=O) groups is 1. The van der Waals surface area contributed by atoms with Crippen LogP contribution in [0.5, 0.6) is 0 Å². The molecule has 0 radical (unpaired) electrons. The highest BCUT2D eigenvalue weighted by molar-refractivity contribution is 6.06. The summed E-state index contributed by atoms with van der Waals surface area (Å²) in [6.07, 6.45) is 3.77. The highest BCUT2D eigenvalue weighted by Gasteiger charge is 2.47. The number of hydrogen-bond donors (Lipinski definition) is 1. The van der Waals surface area contributed by atoms with Crippen LogP contribution in [0.4, 0.5) is 5.69 Å². The van der Waals surface area contributed by atoms with Gasteiger partial charge < -0.3 is 5.32 Å². The van der Waals surface area contributed by atoms with Crippen molar-refractivity contribution in [2.24, 2.45) is 0 Å². The molecule has 2 nitrogen and oxygen atoms in total. The van der Waals surface area contributed by atoms with Gasteiger partial charge in [-0.1, -0.05) is 24.3 Å². The molecule has 1 aliphatic heterocycles. The van der Waals surface area contributed by atoms with E-state index in [4.69, 9.17) is 0 Å². The van der Waals surface area contributed by atoms with Gasteiger partial charge in [0.2, 0.25) is 5.91 Å². The van der Waals surface area contributed by atoms with Crippen LogP contribution >= 0.6 is 0 Å². The molecule has 1 fully saturated rings. The molecule has 1 aliphatic carbocycles. The van der Waals surface area contributed by atoms with Crippen molar-refractivity contribution >= 4 is 11.6 Å². The maximum atomic E-state index is 12.3. The summed E-state index contributed by atoms with van der Waals surface area (Å²) >= 11 is 0. The summed E-state index contributed by atoms with van der Waals surface area (Å²) in [7, 11) is 0. The van der Waals surface area contributed by atoms with Gasteiger partial charge in [-0.3, -0.25) is 4.79 Å². The molecule has 17 heavy (non-hydrogen) atoms. The Kier molecular flexibility index (Phi) is 2.15. The number of rotatable bonds is 0. The lowest BCUT2D eigenvalue weighted by Crippen LogP contribution is -2.36. The fourth-order valence-electron chi connectivity index (χ4n) is 3.07. The zero-order valence-electron chi connectivity index (χ0n) is 10.2. The maximum absolute atomic E-state index is 12.3. The van der Waals surface area contributed by atoms with Crippen LogP contribution in [0.15, 0.2) is 30.4 Å². The topological polar surface area (TPSA) is 29.1 Å². The Bertz CT molecular complexity index is 506. The quantitative estimate of drug-likeness (QED) is 0.677. The molecule has 0 bridgehead atoms. The molecule has 1 heterocycles. The lowest BCUT2D eigenvalue weighted by molar-refractivity contribution is -0.121. The van der Waals surface area contributed by atoms with Crippen molar-refractivity contribution in [2.45, 2.75) is 38.0 Å². The number of allylic oxidation sites excluding steroid dienone is 1. The Morgan fingerprint density at radius 1 is 1.29 bits per heavy atom. The third-order valence-corrected chi connectivity index (χ3v) is 4.18. The number of anilines is 1. The van der Waals surface area contributed by atoms with Gasteiger partial charge in [-0.25, -0.2) is 0 Å². The summed E-state index contributed by atoms with van der Waals surface area (Å²) in [4.78, 5) is 12.3. The first-order valence-electron chi connectivity index (χ1n) is 6.21. The third-order valence-electron chi connectivity index (χ3n) is 4.18. The number of aryl methyl sites for hydroxylation is 1. The summed E-state index contributed by atoms with van der Waals surface area (Å²) < 4.78 is 0. The zero-order valence-corrected chi connectivity index (χ0v) is 10.2. The normalized spacial score (nSPS) is 21.5. The van der Waals surface area contributed by atoms with Gasteiger partial charge in [-0.2, -0.15) is 0 Å². The predicted octanol–water partition coefficient (Wildman–Crippen LogP) is 3.32. The fourth-order valence-corrected chi connectivity index (χ4v) is 3.07. The summed E-state index contributed by atoms with van der Waals surface area (Å²) in [6, 6.07) is 6.30. The van der Waals surface area contributed by atoms with Crippen LogP contribution in [0.2, 0.25) is 0 Å². The molecule has 1 N–H and O–H groups in total. The largest absolute Gasteiger partial charge is 0.325 e. The molecule has 1 aromatic rings. The van der Waals surface area contributed by atoms with Crippen LogP contribution in [0.25, 0.3) is 0 Å². The van der Waals surface area contributed by atoms with E-state index in [1.54, 1.807) is 0 Å². The van der Waals surface area contributed by atoms with E-state index in [1.165, 1.54) is 16.7 Å². The molecule has 3 rings (SSSR count). The molecular weight excluding hydrogens is 210 g/mol. The molecule has 0 unspecified atom stereocenters. The van der Waals surface area contributed by atoms with Crippen molar-refractivity contribution < 1.29 is 4.79 Å². The minimum atomic E-state index is -0.274. The van der Waals surface area contributed by atoms with Crippen LogP contribution in [-0.4, -0.2) is 5.91 Å². The van der Waals surface area contributed by atoms with Crippen molar-refractivity contribution in [3.05, 3.63) is 41.5 Å². The number of nitrogens with one attached hydrogen (secondary N) is 1. The second-order valence-electron chi connectivity index (χ2n) is 5.34. The third kappa shape index (κ3) is 1.43. The van der Waals surface area contributed by atoms with Crippen molar-refractivity contribution in [2.75, 3.05) is 5.32 Å². The first-order chi connectivity index (χ1) is 8.12. The van der Waals surface area contributed by atoms with Crippen LogP contribution < -0.4 is 5.32 Å². The molecule has 0 atom stereocenters. The van der Waals surface area contributed by atoms with Gasteiger partial charge in [-0.15, -0.1) is 0 Å². The van der Waals surface area contributed by atoms with E-state index in [9.17, 15) is 4.79 Å². The molecule has 0 saturated heterocycles. The molecule has 2 aliphatic rings. The average molecular weight is 227 g/mol. The highest BCUT2D eigenvalue weighted by Crippen LogP contribution is 2.48. The molecule has 88 valence electrons. The van der Waals surface area contributed by atoms with Gasteiger partial charge in [0.25, 0.3) is 0 Å². The minimum Gasteiger partial charge on any atom is -0.325 e. The van der Waals surface area contributed by atoms with Crippen molar-refractivity contribution in [1.82, 2.24) is 0 Å². The van der Waals surface area contributed by atoms with Crippen molar-refractivity contribution in [3.8, 4) is 0 Å².